The average Bonchev–Trinajstić information content (AvgIpc) is 2.55. The molecule has 0 radical (unpaired) electrons. The van der Waals surface area contributed by atoms with Gasteiger partial charge in [-0.2, -0.15) is 0 Å². The smallest absolute Gasteiger partial charge is 0.156 e. The monoisotopic (exact) mass is 228 g/mol. The zero-order valence-corrected chi connectivity index (χ0v) is 9.88. The molecule has 4 heteroatoms. The molecule has 3 rings (SSSR count). The Bertz CT molecular complexity index is 435. The van der Waals surface area contributed by atoms with Crippen molar-refractivity contribution in [3.63, 3.8) is 0 Å². The van der Waals surface area contributed by atoms with Crippen LogP contribution in [0.5, 0.6) is 0 Å². The molecule has 15 heavy (non-hydrogen) atoms. The quantitative estimate of drug-likeness (QED) is 0.630. The van der Waals surface area contributed by atoms with E-state index in [1.807, 2.05) is 0 Å². The first kappa shape index (κ1) is 9.82. The van der Waals surface area contributed by atoms with Gasteiger partial charge in [0.2, 0.25) is 0 Å². The minimum Gasteiger partial charge on any atom is -0.299 e. The van der Waals surface area contributed by atoms with Crippen molar-refractivity contribution in [3.05, 3.63) is 0 Å². The number of carbonyl (C=O) groups excluding carboxylic acids is 1. The second-order valence-electron chi connectivity index (χ2n) is 5.85. The highest BCUT2D eigenvalue weighted by atomic mass is 32.2. The van der Waals surface area contributed by atoms with E-state index in [-0.39, 0.29) is 34.0 Å². The van der Waals surface area contributed by atoms with Gasteiger partial charge in [0.1, 0.15) is 5.78 Å². The molecule has 0 N–H and O–H groups in total. The number of carbonyl (C=O) groups is 1. The molecule has 4 atom stereocenters. The molecule has 3 nitrogen and oxygen atoms in total. The van der Waals surface area contributed by atoms with Gasteiger partial charge < -0.3 is 0 Å². The Morgan fingerprint density at radius 3 is 2.27 bits per heavy atom. The second kappa shape index (κ2) is 2.47. The summed E-state index contributed by atoms with van der Waals surface area (Å²) >= 11 is 0. The molecule has 0 aromatic carbocycles. The van der Waals surface area contributed by atoms with Crippen molar-refractivity contribution < 1.29 is 13.2 Å². The highest BCUT2D eigenvalue weighted by Crippen LogP contribution is 2.61. The predicted molar refractivity (Wildman–Crippen MR) is 56.1 cm³/mol. The molecular formula is C11H16O3S. The van der Waals surface area contributed by atoms with E-state index in [1.165, 1.54) is 0 Å². The van der Waals surface area contributed by atoms with Gasteiger partial charge in [0, 0.05) is 11.8 Å². The van der Waals surface area contributed by atoms with Gasteiger partial charge in [0.15, 0.2) is 9.84 Å². The average molecular weight is 228 g/mol. The Kier molecular flexibility index (Phi) is 1.62. The van der Waals surface area contributed by atoms with Crippen LogP contribution in [-0.2, 0) is 14.6 Å². The molecular weight excluding hydrogens is 212 g/mol. The Hall–Kier alpha value is -0.380. The lowest BCUT2D eigenvalue weighted by atomic mass is 9.79. The maximum atomic E-state index is 12.1. The van der Waals surface area contributed by atoms with Gasteiger partial charge in [-0.1, -0.05) is 13.8 Å². The number of rotatable bonds is 1. The molecule has 3 fully saturated rings. The summed E-state index contributed by atoms with van der Waals surface area (Å²) in [7, 11) is -2.87. The van der Waals surface area contributed by atoms with Crippen LogP contribution in [0.3, 0.4) is 0 Å². The number of Topliss-reactive ketones (excluding diaryl/α,β-unsaturated/α-hetero) is 1. The Morgan fingerprint density at radius 1 is 1.27 bits per heavy atom. The molecule has 2 aliphatic carbocycles. The minimum absolute atomic E-state index is 0.0415. The van der Waals surface area contributed by atoms with Crippen LogP contribution in [0.4, 0.5) is 0 Å². The van der Waals surface area contributed by atoms with E-state index in [9.17, 15) is 13.2 Å². The van der Waals surface area contributed by atoms with Crippen LogP contribution in [0.25, 0.3) is 0 Å². The fraction of sp³-hybridized carbons (Fsp3) is 0.909. The molecule has 1 heterocycles. The van der Waals surface area contributed by atoms with E-state index in [2.05, 4.69) is 13.8 Å². The Balaban J connectivity index is 1.98. The number of sulfone groups is 1. The molecule has 3 aliphatic rings. The highest BCUT2D eigenvalue weighted by molar-refractivity contribution is 7.99. The molecule has 2 saturated carbocycles. The van der Waals surface area contributed by atoms with Crippen LogP contribution in [0.15, 0.2) is 0 Å². The van der Waals surface area contributed by atoms with Crippen molar-refractivity contribution in [1.29, 1.82) is 0 Å². The Labute approximate surface area is 90.2 Å². The largest absolute Gasteiger partial charge is 0.299 e. The lowest BCUT2D eigenvalue weighted by molar-refractivity contribution is -0.125. The number of hydrogen-bond acceptors (Lipinski definition) is 3. The van der Waals surface area contributed by atoms with Crippen molar-refractivity contribution in [2.45, 2.75) is 31.9 Å². The van der Waals surface area contributed by atoms with E-state index < -0.39 is 9.84 Å². The molecule has 0 amide bonds. The SMILES string of the molecule is CC1(C)[C@@H]2CC[C@H]1C(=O)C2C1CS1(=O)=O. The summed E-state index contributed by atoms with van der Waals surface area (Å²) in [6.45, 7) is 4.25. The van der Waals surface area contributed by atoms with Crippen LogP contribution in [0.2, 0.25) is 0 Å². The summed E-state index contributed by atoms with van der Waals surface area (Å²) in [5.41, 5.74) is 0.0415. The van der Waals surface area contributed by atoms with E-state index in [0.717, 1.165) is 12.8 Å². The van der Waals surface area contributed by atoms with Crippen molar-refractivity contribution in [3.8, 4) is 0 Å². The Morgan fingerprint density at radius 2 is 1.87 bits per heavy atom. The number of hydrogen-bond donors (Lipinski definition) is 0. The lowest BCUT2D eigenvalue weighted by Gasteiger charge is -2.24. The highest BCUT2D eigenvalue weighted by Gasteiger charge is 2.66. The van der Waals surface area contributed by atoms with E-state index in [1.54, 1.807) is 0 Å². The fourth-order valence-corrected chi connectivity index (χ4v) is 5.58. The van der Waals surface area contributed by atoms with E-state index >= 15 is 0 Å². The van der Waals surface area contributed by atoms with Gasteiger partial charge in [-0.05, 0) is 24.2 Å². The summed E-state index contributed by atoms with van der Waals surface area (Å²) in [6.07, 6.45) is 2.01. The first-order valence-corrected chi connectivity index (χ1v) is 7.32. The fourth-order valence-electron chi connectivity index (χ4n) is 3.89. The third kappa shape index (κ3) is 1.06. The molecule has 84 valence electrons. The minimum atomic E-state index is -2.87. The first-order chi connectivity index (χ1) is 6.86. The maximum Gasteiger partial charge on any atom is 0.156 e. The molecule has 2 unspecified atom stereocenters. The molecule has 2 bridgehead atoms. The molecule has 0 spiro atoms. The zero-order valence-electron chi connectivity index (χ0n) is 9.06. The van der Waals surface area contributed by atoms with Crippen molar-refractivity contribution in [1.82, 2.24) is 0 Å². The van der Waals surface area contributed by atoms with Gasteiger partial charge in [0.25, 0.3) is 0 Å². The van der Waals surface area contributed by atoms with Gasteiger partial charge in [-0.25, -0.2) is 8.42 Å². The topological polar surface area (TPSA) is 51.2 Å². The van der Waals surface area contributed by atoms with Crippen LogP contribution < -0.4 is 0 Å². The van der Waals surface area contributed by atoms with Crippen LogP contribution >= 0.6 is 0 Å². The first-order valence-electron chi connectivity index (χ1n) is 5.61. The maximum absolute atomic E-state index is 12.1. The standard InChI is InChI=1S/C11H16O3S/c1-11(2)6-3-4-7(11)10(12)9(6)8-5-15(8,13)14/h6-9H,3-5H2,1-2H3/t6-,7+,8?,9?/m1/s1. The summed E-state index contributed by atoms with van der Waals surface area (Å²) in [5.74, 6) is 0.773. The molecule has 1 aliphatic heterocycles. The van der Waals surface area contributed by atoms with Crippen molar-refractivity contribution >= 4 is 15.6 Å². The summed E-state index contributed by atoms with van der Waals surface area (Å²) in [5, 5.41) is -0.320. The second-order valence-corrected chi connectivity index (χ2v) is 8.12. The van der Waals surface area contributed by atoms with Gasteiger partial charge in [-0.3, -0.25) is 4.79 Å². The summed E-state index contributed by atoms with van der Waals surface area (Å²) < 4.78 is 22.7. The third-order valence-electron chi connectivity index (χ3n) is 4.87. The van der Waals surface area contributed by atoms with Gasteiger partial charge in [0.05, 0.1) is 11.0 Å². The van der Waals surface area contributed by atoms with E-state index in [0.29, 0.717) is 5.92 Å². The summed E-state index contributed by atoms with van der Waals surface area (Å²) in [4.78, 5) is 12.1. The normalized spacial score (nSPS) is 49.6. The van der Waals surface area contributed by atoms with E-state index in [4.69, 9.17) is 0 Å². The van der Waals surface area contributed by atoms with Crippen LogP contribution in [0.1, 0.15) is 26.7 Å². The van der Waals surface area contributed by atoms with Gasteiger partial charge in [-0.15, -0.1) is 0 Å². The lowest BCUT2D eigenvalue weighted by Crippen LogP contribution is -2.27. The van der Waals surface area contributed by atoms with Gasteiger partial charge >= 0.3 is 0 Å². The summed E-state index contributed by atoms with van der Waals surface area (Å²) in [6, 6.07) is 0. The van der Waals surface area contributed by atoms with Crippen molar-refractivity contribution in [2.75, 3.05) is 5.75 Å². The zero-order chi connectivity index (χ0) is 11.0. The van der Waals surface area contributed by atoms with Crippen LogP contribution in [-0.4, -0.2) is 25.2 Å². The molecule has 0 aromatic rings. The predicted octanol–water partition coefficient (Wildman–Crippen LogP) is 1.03. The van der Waals surface area contributed by atoms with Crippen molar-refractivity contribution in [2.24, 2.45) is 23.2 Å². The van der Waals surface area contributed by atoms with Crippen LogP contribution in [0, 0.1) is 23.2 Å². The number of fused-ring (bicyclic) bond motifs is 2. The molecule has 1 saturated heterocycles. The molecule has 0 aromatic heterocycles. The number of ketones is 1. The third-order valence-corrected chi connectivity index (χ3v) is 6.65.